The van der Waals surface area contributed by atoms with E-state index in [1.165, 1.54) is 12.1 Å². The maximum atomic E-state index is 13.5. The normalized spacial score (nSPS) is 10.2. The Kier molecular flexibility index (Phi) is 3.76. The fraction of sp³-hybridized carbons (Fsp3) is 0. The summed E-state index contributed by atoms with van der Waals surface area (Å²) in [5.74, 6) is -1.17. The molecule has 0 fully saturated rings. The molecule has 0 spiro atoms. The summed E-state index contributed by atoms with van der Waals surface area (Å²) < 4.78 is 38.4. The molecule has 0 aromatic heterocycles. The maximum absolute atomic E-state index is 13.5. The van der Waals surface area contributed by atoms with E-state index in [1.807, 2.05) is 0 Å². The third-order valence-corrected chi connectivity index (χ3v) is 3.46. The van der Waals surface area contributed by atoms with Crippen LogP contribution in [0.25, 0.3) is 11.1 Å². The van der Waals surface area contributed by atoms with Crippen LogP contribution in [0.5, 0.6) is 0 Å². The Hall–Kier alpha value is -1.39. The molecule has 0 saturated carbocycles. The second kappa shape index (κ2) is 5.29. The van der Waals surface area contributed by atoms with Gasteiger partial charge in [0.15, 0.2) is 0 Å². The molecule has 2 rings (SSSR count). The van der Waals surface area contributed by atoms with Crippen LogP contribution >= 0.6 is 0 Å². The standard InChI is InChI=1S/C13H8F2.O.Os/c1-9-2-4-10(5-3-9)12-7-6-11(14)8-13(12)15;;/h1-8H;;. The van der Waals surface area contributed by atoms with Crippen LogP contribution in [0.2, 0.25) is 0 Å². The summed E-state index contributed by atoms with van der Waals surface area (Å²) in [6.45, 7) is 0. The zero-order valence-corrected chi connectivity index (χ0v) is 11.2. The molecule has 0 N–H and O–H groups in total. The van der Waals surface area contributed by atoms with Crippen molar-refractivity contribution in [1.82, 2.24) is 0 Å². The topological polar surface area (TPSA) is 17.1 Å². The molecule has 0 aliphatic rings. The van der Waals surface area contributed by atoms with E-state index >= 15 is 0 Å². The van der Waals surface area contributed by atoms with Gasteiger partial charge in [0.25, 0.3) is 0 Å². The van der Waals surface area contributed by atoms with Crippen LogP contribution in [0.3, 0.4) is 0 Å². The third-order valence-electron chi connectivity index (χ3n) is 2.31. The summed E-state index contributed by atoms with van der Waals surface area (Å²) in [7, 11) is 0. The van der Waals surface area contributed by atoms with E-state index in [1.54, 1.807) is 28.8 Å². The number of benzene rings is 2. The Labute approximate surface area is 105 Å². The van der Waals surface area contributed by atoms with Crippen LogP contribution in [0, 0.1) is 11.6 Å². The molecule has 0 heterocycles. The van der Waals surface area contributed by atoms with Gasteiger partial charge in [-0.2, -0.15) is 0 Å². The van der Waals surface area contributed by atoms with Crippen molar-refractivity contribution < 1.29 is 29.2 Å². The van der Waals surface area contributed by atoms with E-state index in [9.17, 15) is 12.3 Å². The SMILES string of the molecule is [O]=[Os]=[CH]c1ccc(-c2ccc(F)cc2F)cc1. The summed E-state index contributed by atoms with van der Waals surface area (Å²) >= 11 is -1.37. The molecule has 0 unspecified atom stereocenters. The molecule has 0 aliphatic heterocycles. The first kappa shape index (κ1) is 12.1. The quantitative estimate of drug-likeness (QED) is 0.746. The van der Waals surface area contributed by atoms with Crippen LogP contribution in [-0.2, 0) is 20.4 Å². The van der Waals surface area contributed by atoms with Gasteiger partial charge in [-0.25, -0.2) is 0 Å². The van der Waals surface area contributed by atoms with E-state index in [0.29, 0.717) is 11.1 Å². The molecule has 0 saturated heterocycles. The molecular weight excluding hydrogens is 400 g/mol. The first-order valence-electron chi connectivity index (χ1n) is 4.82. The molecule has 88 valence electrons. The molecule has 0 radical (unpaired) electrons. The Morgan fingerprint density at radius 3 is 2.29 bits per heavy atom. The summed E-state index contributed by atoms with van der Waals surface area (Å²) in [5.41, 5.74) is 1.89. The van der Waals surface area contributed by atoms with Gasteiger partial charge >= 0.3 is 105 Å². The molecule has 2 aromatic carbocycles. The van der Waals surface area contributed by atoms with Crippen LogP contribution in [0.4, 0.5) is 8.78 Å². The van der Waals surface area contributed by atoms with Gasteiger partial charge in [-0.05, 0) is 0 Å². The van der Waals surface area contributed by atoms with E-state index in [4.69, 9.17) is 0 Å². The Morgan fingerprint density at radius 2 is 1.71 bits per heavy atom. The molecule has 0 bridgehead atoms. The van der Waals surface area contributed by atoms with E-state index in [2.05, 4.69) is 0 Å². The number of rotatable bonds is 2. The van der Waals surface area contributed by atoms with Crippen molar-refractivity contribution in [3.63, 3.8) is 0 Å². The van der Waals surface area contributed by atoms with Crippen molar-refractivity contribution in [3.8, 4) is 11.1 Å². The molecule has 1 nitrogen and oxygen atoms in total. The van der Waals surface area contributed by atoms with Crippen molar-refractivity contribution in [2.24, 2.45) is 0 Å². The summed E-state index contributed by atoms with van der Waals surface area (Å²) in [6, 6.07) is 10.5. The molecule has 0 aliphatic carbocycles. The zero-order chi connectivity index (χ0) is 12.3. The monoisotopic (exact) mass is 410 g/mol. The summed E-state index contributed by atoms with van der Waals surface area (Å²) in [6.07, 6.45) is 0. The van der Waals surface area contributed by atoms with Crippen molar-refractivity contribution in [2.45, 2.75) is 0 Å². The van der Waals surface area contributed by atoms with Crippen LogP contribution in [0.15, 0.2) is 42.5 Å². The van der Waals surface area contributed by atoms with Crippen molar-refractivity contribution in [2.75, 3.05) is 0 Å². The number of hydrogen-bond donors (Lipinski definition) is 0. The number of hydrogen-bond acceptors (Lipinski definition) is 1. The molecule has 17 heavy (non-hydrogen) atoms. The van der Waals surface area contributed by atoms with Gasteiger partial charge in [0.1, 0.15) is 0 Å². The second-order valence-corrected chi connectivity index (χ2v) is 4.76. The van der Waals surface area contributed by atoms with E-state index in [-0.39, 0.29) is 0 Å². The summed E-state index contributed by atoms with van der Waals surface area (Å²) in [5, 5.41) is 0. The fourth-order valence-electron chi connectivity index (χ4n) is 1.50. The molecule has 4 heteroatoms. The van der Waals surface area contributed by atoms with Crippen molar-refractivity contribution in [1.29, 1.82) is 0 Å². The predicted molar refractivity (Wildman–Crippen MR) is 57.6 cm³/mol. The van der Waals surface area contributed by atoms with E-state index < -0.39 is 28.5 Å². The van der Waals surface area contributed by atoms with Crippen LogP contribution < -0.4 is 0 Å². The molecular formula is C13H8F2OOs. The number of halogens is 2. The minimum atomic E-state index is -1.37. The molecule has 0 atom stereocenters. The predicted octanol–water partition coefficient (Wildman–Crippen LogP) is 3.21. The van der Waals surface area contributed by atoms with Gasteiger partial charge in [0.2, 0.25) is 0 Å². The van der Waals surface area contributed by atoms with Crippen LogP contribution in [0.1, 0.15) is 5.56 Å². The minimum absolute atomic E-state index is 0.359. The van der Waals surface area contributed by atoms with Crippen LogP contribution in [-0.4, -0.2) is 4.57 Å². The van der Waals surface area contributed by atoms with E-state index in [0.717, 1.165) is 11.6 Å². The van der Waals surface area contributed by atoms with Gasteiger partial charge < -0.3 is 0 Å². The van der Waals surface area contributed by atoms with Crippen molar-refractivity contribution in [3.05, 3.63) is 59.7 Å². The first-order valence-corrected chi connectivity index (χ1v) is 7.33. The average molecular weight is 408 g/mol. The summed E-state index contributed by atoms with van der Waals surface area (Å²) in [4.78, 5) is 0. The zero-order valence-electron chi connectivity index (χ0n) is 8.64. The Balaban J connectivity index is 2.43. The van der Waals surface area contributed by atoms with Gasteiger partial charge in [0, 0.05) is 0 Å². The van der Waals surface area contributed by atoms with Gasteiger partial charge in [-0.1, -0.05) is 0 Å². The van der Waals surface area contributed by atoms with Crippen molar-refractivity contribution >= 4 is 4.57 Å². The first-order chi connectivity index (χ1) is 8.20. The second-order valence-electron chi connectivity index (χ2n) is 3.43. The molecule has 0 amide bonds. The van der Waals surface area contributed by atoms with Gasteiger partial charge in [-0.15, -0.1) is 0 Å². The Bertz CT molecular complexity index is 587. The fourth-order valence-corrected chi connectivity index (χ4v) is 2.34. The Morgan fingerprint density at radius 1 is 1.00 bits per heavy atom. The molecule has 2 aromatic rings. The average Bonchev–Trinajstić information content (AvgIpc) is 2.31. The van der Waals surface area contributed by atoms with Gasteiger partial charge in [-0.3, -0.25) is 0 Å². The third kappa shape index (κ3) is 2.84. The van der Waals surface area contributed by atoms with Gasteiger partial charge in [0.05, 0.1) is 0 Å².